The lowest BCUT2D eigenvalue weighted by molar-refractivity contribution is -0.119. The van der Waals surface area contributed by atoms with E-state index in [1.807, 2.05) is 18.2 Å². The maximum absolute atomic E-state index is 11.1. The molecule has 0 spiro atoms. The van der Waals surface area contributed by atoms with Crippen molar-refractivity contribution in [1.29, 1.82) is 0 Å². The number of carbonyl (C=O) groups is 1. The molecular formula is C15H21N3O. The topological polar surface area (TPSA) is 46.9 Å². The second kappa shape index (κ2) is 5.87. The van der Waals surface area contributed by atoms with Gasteiger partial charge in [-0.05, 0) is 18.1 Å². The summed E-state index contributed by atoms with van der Waals surface area (Å²) < 4.78 is 2.22. The van der Waals surface area contributed by atoms with Crippen LogP contribution in [0.25, 0.3) is 11.0 Å². The van der Waals surface area contributed by atoms with E-state index in [4.69, 9.17) is 0 Å². The summed E-state index contributed by atoms with van der Waals surface area (Å²) in [4.78, 5) is 15.7. The van der Waals surface area contributed by atoms with Crippen LogP contribution in [0.1, 0.15) is 33.0 Å². The number of benzene rings is 1. The molecular weight excluding hydrogens is 238 g/mol. The largest absolute Gasteiger partial charge is 0.349 e. The molecule has 0 saturated heterocycles. The highest BCUT2D eigenvalue weighted by Crippen LogP contribution is 2.18. The number of fused-ring (bicyclic) bond motifs is 1. The Kier molecular flexibility index (Phi) is 4.20. The third kappa shape index (κ3) is 3.13. The van der Waals surface area contributed by atoms with Gasteiger partial charge in [0.25, 0.3) is 0 Å². The maximum Gasteiger partial charge on any atom is 0.217 e. The molecule has 1 heterocycles. The average Bonchev–Trinajstić information content (AvgIpc) is 2.74. The van der Waals surface area contributed by atoms with E-state index in [0.717, 1.165) is 29.8 Å². The van der Waals surface area contributed by atoms with Gasteiger partial charge in [-0.1, -0.05) is 32.4 Å². The van der Waals surface area contributed by atoms with Crippen LogP contribution >= 0.6 is 0 Å². The number of hydrogen-bond donors (Lipinski definition) is 1. The standard InChI is InChI=1S/C15H21N3O/c1-4-11(2)10-18-14-8-6-5-7-13(14)17-15(18)9-16-12(3)19/h5-8,11H,4,9-10H2,1-3H3,(H,16,19). The molecule has 102 valence electrons. The average molecular weight is 259 g/mol. The van der Waals surface area contributed by atoms with E-state index >= 15 is 0 Å². The van der Waals surface area contributed by atoms with Gasteiger partial charge in [0.15, 0.2) is 0 Å². The Labute approximate surface area is 113 Å². The maximum atomic E-state index is 11.1. The van der Waals surface area contributed by atoms with Gasteiger partial charge in [-0.2, -0.15) is 0 Å². The number of imidazole rings is 1. The Morgan fingerprint density at radius 2 is 2.16 bits per heavy atom. The zero-order valence-corrected chi connectivity index (χ0v) is 11.8. The molecule has 0 aliphatic carbocycles. The summed E-state index contributed by atoms with van der Waals surface area (Å²) in [6, 6.07) is 8.12. The first-order chi connectivity index (χ1) is 9.11. The zero-order valence-electron chi connectivity index (χ0n) is 11.8. The molecule has 4 nitrogen and oxygen atoms in total. The van der Waals surface area contributed by atoms with Crippen LogP contribution in [0.2, 0.25) is 0 Å². The molecule has 1 N–H and O–H groups in total. The molecule has 2 rings (SSSR count). The fourth-order valence-electron chi connectivity index (χ4n) is 2.11. The molecule has 4 heteroatoms. The smallest absolute Gasteiger partial charge is 0.217 e. The molecule has 0 fully saturated rings. The second-order valence-corrected chi connectivity index (χ2v) is 5.05. The highest BCUT2D eigenvalue weighted by molar-refractivity contribution is 5.76. The van der Waals surface area contributed by atoms with Crippen LogP contribution in [0, 0.1) is 5.92 Å². The van der Waals surface area contributed by atoms with Gasteiger partial charge in [0.1, 0.15) is 5.82 Å². The summed E-state index contributed by atoms with van der Waals surface area (Å²) in [5.74, 6) is 1.49. The van der Waals surface area contributed by atoms with Crippen LogP contribution < -0.4 is 5.32 Å². The first-order valence-corrected chi connectivity index (χ1v) is 6.80. The molecule has 2 aromatic rings. The van der Waals surface area contributed by atoms with Crippen molar-refractivity contribution < 1.29 is 4.79 Å². The van der Waals surface area contributed by atoms with Gasteiger partial charge in [-0.15, -0.1) is 0 Å². The van der Waals surface area contributed by atoms with Crippen LogP contribution in [-0.2, 0) is 17.9 Å². The molecule has 19 heavy (non-hydrogen) atoms. The fourth-order valence-corrected chi connectivity index (χ4v) is 2.11. The Morgan fingerprint density at radius 1 is 1.42 bits per heavy atom. The number of nitrogens with one attached hydrogen (secondary N) is 1. The van der Waals surface area contributed by atoms with E-state index in [9.17, 15) is 4.79 Å². The molecule has 1 aromatic heterocycles. The molecule has 0 saturated carbocycles. The lowest BCUT2D eigenvalue weighted by Crippen LogP contribution is -2.22. The van der Waals surface area contributed by atoms with E-state index < -0.39 is 0 Å². The van der Waals surface area contributed by atoms with Crippen LogP contribution in [0.15, 0.2) is 24.3 Å². The lowest BCUT2D eigenvalue weighted by Gasteiger charge is -2.14. The number of rotatable bonds is 5. The lowest BCUT2D eigenvalue weighted by atomic mass is 10.1. The first-order valence-electron chi connectivity index (χ1n) is 6.80. The molecule has 1 atom stereocenters. The molecule has 0 aliphatic rings. The Hall–Kier alpha value is -1.84. The van der Waals surface area contributed by atoms with Crippen molar-refractivity contribution >= 4 is 16.9 Å². The number of carbonyl (C=O) groups excluding carboxylic acids is 1. The third-order valence-electron chi connectivity index (χ3n) is 3.42. The van der Waals surface area contributed by atoms with Crippen LogP contribution in [-0.4, -0.2) is 15.5 Å². The molecule has 1 amide bonds. The quantitative estimate of drug-likeness (QED) is 0.897. The minimum absolute atomic E-state index is 0.0258. The van der Waals surface area contributed by atoms with Crippen molar-refractivity contribution in [1.82, 2.24) is 14.9 Å². The summed E-state index contributed by atoms with van der Waals surface area (Å²) in [5.41, 5.74) is 2.13. The van der Waals surface area contributed by atoms with E-state index in [2.05, 4.69) is 34.8 Å². The first kappa shape index (κ1) is 13.6. The van der Waals surface area contributed by atoms with Gasteiger partial charge in [-0.25, -0.2) is 4.98 Å². The normalized spacial score (nSPS) is 12.6. The summed E-state index contributed by atoms with van der Waals surface area (Å²) in [5, 5.41) is 2.83. The van der Waals surface area contributed by atoms with Crippen molar-refractivity contribution in [2.75, 3.05) is 0 Å². The van der Waals surface area contributed by atoms with E-state index in [1.165, 1.54) is 6.92 Å². The minimum Gasteiger partial charge on any atom is -0.349 e. The van der Waals surface area contributed by atoms with Gasteiger partial charge in [0, 0.05) is 13.5 Å². The van der Waals surface area contributed by atoms with Gasteiger partial charge < -0.3 is 9.88 Å². The summed E-state index contributed by atoms with van der Waals surface area (Å²) in [6.45, 7) is 7.38. The van der Waals surface area contributed by atoms with E-state index in [1.54, 1.807) is 0 Å². The van der Waals surface area contributed by atoms with E-state index in [-0.39, 0.29) is 5.91 Å². The van der Waals surface area contributed by atoms with Crippen molar-refractivity contribution in [2.45, 2.75) is 40.3 Å². The molecule has 0 radical (unpaired) electrons. The Bertz CT molecular complexity index is 574. The summed E-state index contributed by atoms with van der Waals surface area (Å²) in [7, 11) is 0. The fraction of sp³-hybridized carbons (Fsp3) is 0.467. The van der Waals surface area contributed by atoms with Crippen LogP contribution in [0.3, 0.4) is 0 Å². The summed E-state index contributed by atoms with van der Waals surface area (Å²) >= 11 is 0. The SMILES string of the molecule is CCC(C)Cn1c(CNC(C)=O)nc2ccccc21. The summed E-state index contributed by atoms with van der Waals surface area (Å²) in [6.07, 6.45) is 1.13. The highest BCUT2D eigenvalue weighted by Gasteiger charge is 2.12. The number of nitrogens with zero attached hydrogens (tertiary/aromatic N) is 2. The number of hydrogen-bond acceptors (Lipinski definition) is 2. The third-order valence-corrected chi connectivity index (χ3v) is 3.42. The monoisotopic (exact) mass is 259 g/mol. The van der Waals surface area contributed by atoms with Gasteiger partial charge in [0.05, 0.1) is 17.6 Å². The van der Waals surface area contributed by atoms with Crippen molar-refractivity contribution in [3.8, 4) is 0 Å². The Balaban J connectivity index is 2.36. The zero-order chi connectivity index (χ0) is 13.8. The Morgan fingerprint density at radius 3 is 2.84 bits per heavy atom. The molecule has 1 aromatic carbocycles. The van der Waals surface area contributed by atoms with Gasteiger partial charge in [-0.3, -0.25) is 4.79 Å². The van der Waals surface area contributed by atoms with Crippen molar-refractivity contribution in [3.05, 3.63) is 30.1 Å². The predicted octanol–water partition coefficient (Wildman–Crippen LogP) is 2.72. The van der Waals surface area contributed by atoms with Crippen molar-refractivity contribution in [2.24, 2.45) is 5.92 Å². The van der Waals surface area contributed by atoms with Gasteiger partial charge >= 0.3 is 0 Å². The highest BCUT2D eigenvalue weighted by atomic mass is 16.1. The predicted molar refractivity (Wildman–Crippen MR) is 76.7 cm³/mol. The van der Waals surface area contributed by atoms with Crippen LogP contribution in [0.4, 0.5) is 0 Å². The minimum atomic E-state index is -0.0258. The number of amides is 1. The molecule has 0 bridgehead atoms. The second-order valence-electron chi connectivity index (χ2n) is 5.05. The van der Waals surface area contributed by atoms with Gasteiger partial charge in [0.2, 0.25) is 5.91 Å². The number of aromatic nitrogens is 2. The van der Waals surface area contributed by atoms with Crippen molar-refractivity contribution in [3.63, 3.8) is 0 Å². The van der Waals surface area contributed by atoms with Crippen LogP contribution in [0.5, 0.6) is 0 Å². The number of para-hydroxylation sites is 2. The van der Waals surface area contributed by atoms with E-state index in [0.29, 0.717) is 12.5 Å². The molecule has 1 unspecified atom stereocenters. The molecule has 0 aliphatic heterocycles.